The summed E-state index contributed by atoms with van der Waals surface area (Å²) in [5.41, 5.74) is 3.10. The zero-order chi connectivity index (χ0) is 12.4. The first kappa shape index (κ1) is 11.1. The van der Waals surface area contributed by atoms with Crippen LogP contribution >= 0.6 is 0 Å². The highest BCUT2D eigenvalue weighted by Gasteiger charge is 2.06. The van der Waals surface area contributed by atoms with Crippen LogP contribution in [-0.2, 0) is 6.42 Å². The van der Waals surface area contributed by atoms with Crippen molar-refractivity contribution in [1.82, 2.24) is 0 Å². The van der Waals surface area contributed by atoms with Gasteiger partial charge in [0.2, 0.25) is 0 Å². The van der Waals surface area contributed by atoms with Crippen LogP contribution in [0.2, 0.25) is 0 Å². The molecule has 18 heavy (non-hydrogen) atoms. The maximum Gasteiger partial charge on any atom is 0.135 e. The molecule has 3 rings (SSSR count). The van der Waals surface area contributed by atoms with E-state index >= 15 is 0 Å². The van der Waals surface area contributed by atoms with E-state index in [4.69, 9.17) is 9.52 Å². The van der Waals surface area contributed by atoms with Crippen molar-refractivity contribution in [3.8, 4) is 11.3 Å². The van der Waals surface area contributed by atoms with E-state index in [1.807, 2.05) is 48.5 Å². The predicted molar refractivity (Wildman–Crippen MR) is 72.4 cm³/mol. The van der Waals surface area contributed by atoms with Gasteiger partial charge in [0.1, 0.15) is 11.3 Å². The summed E-state index contributed by atoms with van der Waals surface area (Å²) in [6, 6.07) is 18.1. The molecule has 0 bridgehead atoms. The molecule has 0 fully saturated rings. The van der Waals surface area contributed by atoms with Crippen molar-refractivity contribution in [3.63, 3.8) is 0 Å². The molecule has 0 aliphatic rings. The Morgan fingerprint density at radius 1 is 0.944 bits per heavy atom. The van der Waals surface area contributed by atoms with E-state index in [9.17, 15) is 0 Å². The summed E-state index contributed by atoms with van der Waals surface area (Å²) in [7, 11) is 0. The fourth-order valence-electron chi connectivity index (χ4n) is 2.12. The lowest BCUT2D eigenvalue weighted by atomic mass is 10.1. The van der Waals surface area contributed by atoms with Gasteiger partial charge in [-0.3, -0.25) is 0 Å². The third kappa shape index (κ3) is 2.03. The smallest absolute Gasteiger partial charge is 0.135 e. The number of aliphatic hydroxyl groups is 1. The molecular weight excluding hydrogens is 224 g/mol. The van der Waals surface area contributed by atoms with Crippen molar-refractivity contribution >= 4 is 11.0 Å². The maximum atomic E-state index is 8.95. The van der Waals surface area contributed by atoms with Gasteiger partial charge in [0.25, 0.3) is 0 Å². The molecule has 0 amide bonds. The van der Waals surface area contributed by atoms with Crippen molar-refractivity contribution in [2.24, 2.45) is 0 Å². The summed E-state index contributed by atoms with van der Waals surface area (Å²) in [5, 5.41) is 10.0. The van der Waals surface area contributed by atoms with Crippen molar-refractivity contribution in [3.05, 3.63) is 60.2 Å². The lowest BCUT2D eigenvalue weighted by Crippen LogP contribution is -1.88. The number of hydrogen-bond donors (Lipinski definition) is 1. The number of benzene rings is 2. The molecule has 0 aliphatic heterocycles. The van der Waals surface area contributed by atoms with E-state index in [2.05, 4.69) is 6.07 Å². The number of aliphatic hydroxyl groups excluding tert-OH is 1. The second-order valence-electron chi connectivity index (χ2n) is 4.32. The van der Waals surface area contributed by atoms with Crippen LogP contribution in [0.3, 0.4) is 0 Å². The number of hydrogen-bond acceptors (Lipinski definition) is 2. The van der Waals surface area contributed by atoms with Gasteiger partial charge in [-0.1, -0.05) is 36.4 Å². The predicted octanol–water partition coefficient (Wildman–Crippen LogP) is 3.63. The normalized spacial score (nSPS) is 10.9. The standard InChI is InChI=1S/C16H14O2/c17-9-8-12-6-7-15-14(10-12)11-16(18-15)13-4-2-1-3-5-13/h1-7,10-11,17H,8-9H2. The number of fused-ring (bicyclic) bond motifs is 1. The van der Waals surface area contributed by atoms with Crippen LogP contribution in [0.1, 0.15) is 5.56 Å². The fourth-order valence-corrected chi connectivity index (χ4v) is 2.12. The molecule has 3 aromatic rings. The molecule has 0 spiro atoms. The molecule has 1 aromatic heterocycles. The van der Waals surface area contributed by atoms with Gasteiger partial charge in [0.05, 0.1) is 0 Å². The first-order chi connectivity index (χ1) is 8.86. The molecule has 0 radical (unpaired) electrons. The van der Waals surface area contributed by atoms with Gasteiger partial charge in [-0.25, -0.2) is 0 Å². The minimum atomic E-state index is 0.175. The summed E-state index contributed by atoms with van der Waals surface area (Å²) >= 11 is 0. The molecule has 0 saturated carbocycles. The SMILES string of the molecule is OCCc1ccc2oc(-c3ccccc3)cc2c1. The Hall–Kier alpha value is -2.06. The Morgan fingerprint density at radius 3 is 2.56 bits per heavy atom. The highest BCUT2D eigenvalue weighted by atomic mass is 16.3. The maximum absolute atomic E-state index is 8.95. The van der Waals surface area contributed by atoms with Crippen LogP contribution in [0.5, 0.6) is 0 Å². The fraction of sp³-hybridized carbons (Fsp3) is 0.125. The molecular formula is C16H14O2. The molecule has 0 unspecified atom stereocenters. The van der Waals surface area contributed by atoms with Gasteiger partial charge in [-0.15, -0.1) is 0 Å². The molecule has 0 aliphatic carbocycles. The van der Waals surface area contributed by atoms with Gasteiger partial charge in [0.15, 0.2) is 0 Å². The quantitative estimate of drug-likeness (QED) is 0.755. The van der Waals surface area contributed by atoms with Crippen LogP contribution in [-0.4, -0.2) is 11.7 Å². The minimum Gasteiger partial charge on any atom is -0.456 e. The van der Waals surface area contributed by atoms with Crippen LogP contribution < -0.4 is 0 Å². The molecule has 0 atom stereocenters. The molecule has 1 heterocycles. The monoisotopic (exact) mass is 238 g/mol. The Kier molecular flexibility index (Phi) is 2.87. The molecule has 1 N–H and O–H groups in total. The topological polar surface area (TPSA) is 33.4 Å². The molecule has 2 nitrogen and oxygen atoms in total. The zero-order valence-corrected chi connectivity index (χ0v) is 9.97. The van der Waals surface area contributed by atoms with E-state index in [1.165, 1.54) is 0 Å². The van der Waals surface area contributed by atoms with Gasteiger partial charge >= 0.3 is 0 Å². The lowest BCUT2D eigenvalue weighted by molar-refractivity contribution is 0.299. The van der Waals surface area contributed by atoms with E-state index in [-0.39, 0.29) is 6.61 Å². The Labute approximate surface area is 105 Å². The van der Waals surface area contributed by atoms with Crippen molar-refractivity contribution < 1.29 is 9.52 Å². The van der Waals surface area contributed by atoms with Gasteiger partial charge < -0.3 is 9.52 Å². The average Bonchev–Trinajstić information content (AvgIpc) is 2.83. The van der Waals surface area contributed by atoms with E-state index in [0.29, 0.717) is 6.42 Å². The second-order valence-corrected chi connectivity index (χ2v) is 4.32. The second kappa shape index (κ2) is 4.67. The van der Waals surface area contributed by atoms with Crippen molar-refractivity contribution in [2.75, 3.05) is 6.61 Å². The van der Waals surface area contributed by atoms with E-state index < -0.39 is 0 Å². The third-order valence-corrected chi connectivity index (χ3v) is 3.04. The van der Waals surface area contributed by atoms with Crippen molar-refractivity contribution in [2.45, 2.75) is 6.42 Å². The Balaban J connectivity index is 2.06. The molecule has 0 saturated heterocycles. The first-order valence-electron chi connectivity index (χ1n) is 6.05. The zero-order valence-electron chi connectivity index (χ0n) is 9.97. The highest BCUT2D eigenvalue weighted by molar-refractivity contribution is 5.83. The number of furan rings is 1. The van der Waals surface area contributed by atoms with Crippen LogP contribution in [0.15, 0.2) is 59.0 Å². The Morgan fingerprint density at radius 2 is 1.78 bits per heavy atom. The summed E-state index contributed by atoms with van der Waals surface area (Å²) in [5.74, 6) is 0.881. The molecule has 2 aromatic carbocycles. The average molecular weight is 238 g/mol. The van der Waals surface area contributed by atoms with Crippen LogP contribution in [0, 0.1) is 0 Å². The van der Waals surface area contributed by atoms with Gasteiger partial charge in [-0.05, 0) is 30.2 Å². The Bertz CT molecular complexity index is 653. The largest absolute Gasteiger partial charge is 0.456 e. The summed E-state index contributed by atoms with van der Waals surface area (Å²) in [6.45, 7) is 0.175. The lowest BCUT2D eigenvalue weighted by Gasteiger charge is -1.96. The van der Waals surface area contributed by atoms with Crippen LogP contribution in [0.25, 0.3) is 22.3 Å². The van der Waals surface area contributed by atoms with Gasteiger partial charge in [-0.2, -0.15) is 0 Å². The molecule has 2 heteroatoms. The highest BCUT2D eigenvalue weighted by Crippen LogP contribution is 2.28. The van der Waals surface area contributed by atoms with E-state index in [1.54, 1.807) is 0 Å². The molecule has 90 valence electrons. The number of rotatable bonds is 3. The van der Waals surface area contributed by atoms with Crippen LogP contribution in [0.4, 0.5) is 0 Å². The summed E-state index contributed by atoms with van der Waals surface area (Å²) in [4.78, 5) is 0. The third-order valence-electron chi connectivity index (χ3n) is 3.04. The van der Waals surface area contributed by atoms with Gasteiger partial charge in [0, 0.05) is 17.6 Å². The van der Waals surface area contributed by atoms with E-state index in [0.717, 1.165) is 27.9 Å². The first-order valence-corrected chi connectivity index (χ1v) is 6.05. The summed E-state index contributed by atoms with van der Waals surface area (Å²) in [6.07, 6.45) is 0.682. The van der Waals surface area contributed by atoms with Crippen molar-refractivity contribution in [1.29, 1.82) is 0 Å². The minimum absolute atomic E-state index is 0.175. The summed E-state index contributed by atoms with van der Waals surface area (Å²) < 4.78 is 5.82.